The van der Waals surface area contributed by atoms with E-state index in [-0.39, 0.29) is 17.7 Å². The zero-order valence-electron chi connectivity index (χ0n) is 16.4. The van der Waals surface area contributed by atoms with Gasteiger partial charge < -0.3 is 0 Å². The number of imide groups is 1. The van der Waals surface area contributed by atoms with Crippen LogP contribution in [-0.2, 0) is 16.1 Å². The Morgan fingerprint density at radius 2 is 1.89 bits per heavy atom. The van der Waals surface area contributed by atoms with Crippen LogP contribution in [0.1, 0.15) is 60.9 Å². The maximum absolute atomic E-state index is 12.9. The second-order valence-electron chi connectivity index (χ2n) is 8.46. The van der Waals surface area contributed by atoms with Crippen LogP contribution in [0.15, 0.2) is 18.2 Å². The summed E-state index contributed by atoms with van der Waals surface area (Å²) < 4.78 is 2.13. The van der Waals surface area contributed by atoms with Crippen LogP contribution in [0.2, 0.25) is 0 Å². The van der Waals surface area contributed by atoms with Crippen LogP contribution in [0.5, 0.6) is 0 Å². The predicted octanol–water partition coefficient (Wildman–Crippen LogP) is 1.84. The summed E-state index contributed by atoms with van der Waals surface area (Å²) in [5, 5.41) is 2.37. The molecule has 1 aliphatic carbocycles. The average Bonchev–Trinajstić information content (AvgIpc) is 3.04. The van der Waals surface area contributed by atoms with Crippen molar-refractivity contribution < 1.29 is 14.4 Å². The Hall–Kier alpha value is -1.29. The number of piperidine rings is 1. The Kier molecular flexibility index (Phi) is 5.61. The van der Waals surface area contributed by atoms with E-state index in [9.17, 15) is 14.4 Å². The van der Waals surface area contributed by atoms with Gasteiger partial charge in [-0.3, -0.25) is 0 Å². The number of benzene rings is 1. The van der Waals surface area contributed by atoms with Gasteiger partial charge in [0.15, 0.2) is 0 Å². The number of quaternary nitrogens is 1. The molecule has 7 heteroatoms. The molecule has 1 aromatic rings. The van der Waals surface area contributed by atoms with Gasteiger partial charge in [-0.25, -0.2) is 0 Å². The van der Waals surface area contributed by atoms with Crippen molar-refractivity contribution in [2.45, 2.75) is 63.6 Å². The van der Waals surface area contributed by atoms with Crippen LogP contribution >= 0.6 is 0 Å². The summed E-state index contributed by atoms with van der Waals surface area (Å²) in [7, 11) is 2.35. The number of hydrogen-bond donors (Lipinski definition) is 1. The van der Waals surface area contributed by atoms with E-state index in [1.165, 1.54) is 37.8 Å². The quantitative estimate of drug-likeness (QED) is 0.338. The van der Waals surface area contributed by atoms with Gasteiger partial charge in [-0.15, -0.1) is 0 Å². The molecule has 1 aromatic carbocycles. The fourth-order valence-corrected chi connectivity index (χ4v) is 6.67. The summed E-state index contributed by atoms with van der Waals surface area (Å²) in [6.45, 7) is 0.458. The molecule has 3 radical (unpaired) electrons. The predicted molar refractivity (Wildman–Crippen MR) is 108 cm³/mol. The third-order valence-corrected chi connectivity index (χ3v) is 9.36. The second-order valence-corrected chi connectivity index (χ2v) is 9.69. The SMILES string of the molecule is C[N+]([CH2][Pb])(c1ccc2c(c1)CN(C1CCC(=O)NC1=O)C2=O)C1CCCCC1. The van der Waals surface area contributed by atoms with Crippen molar-refractivity contribution in [3.05, 3.63) is 29.3 Å². The van der Waals surface area contributed by atoms with Gasteiger partial charge in [-0.1, -0.05) is 0 Å². The molecule has 2 unspecified atom stereocenters. The average molecular weight is 577 g/mol. The van der Waals surface area contributed by atoms with Gasteiger partial charge >= 0.3 is 182 Å². The van der Waals surface area contributed by atoms with E-state index in [4.69, 9.17) is 0 Å². The number of nitrogens with one attached hydrogen (secondary N) is 1. The van der Waals surface area contributed by atoms with Crippen LogP contribution in [0.25, 0.3) is 0 Å². The maximum atomic E-state index is 12.9. The van der Waals surface area contributed by atoms with Gasteiger partial charge in [-0.05, 0) is 0 Å². The molecule has 2 fully saturated rings. The van der Waals surface area contributed by atoms with Gasteiger partial charge in [0.1, 0.15) is 0 Å². The summed E-state index contributed by atoms with van der Waals surface area (Å²) in [6.07, 6.45) is 7.22. The number of nitrogens with zero attached hydrogens (tertiary/aromatic N) is 2. The molecule has 3 aliphatic rings. The summed E-state index contributed by atoms with van der Waals surface area (Å²) in [5.41, 5.74) is 3.01. The van der Waals surface area contributed by atoms with Crippen LogP contribution < -0.4 is 9.80 Å². The first kappa shape index (κ1) is 20.0. The van der Waals surface area contributed by atoms with Crippen molar-refractivity contribution in [1.82, 2.24) is 14.7 Å². The molecule has 2 heterocycles. The van der Waals surface area contributed by atoms with Gasteiger partial charge in [0.25, 0.3) is 0 Å². The molecule has 28 heavy (non-hydrogen) atoms. The first-order chi connectivity index (χ1) is 13.4. The Balaban J connectivity index is 1.60. The molecule has 0 bridgehead atoms. The fourth-order valence-electron chi connectivity index (χ4n) is 4.96. The molecule has 2 aliphatic heterocycles. The van der Waals surface area contributed by atoms with Crippen molar-refractivity contribution >= 4 is 49.2 Å². The molecule has 2 atom stereocenters. The molecule has 6 nitrogen and oxygen atoms in total. The van der Waals surface area contributed by atoms with E-state index in [2.05, 4.69) is 24.5 Å². The van der Waals surface area contributed by atoms with Crippen LogP contribution in [-0.4, -0.2) is 71.6 Å². The monoisotopic (exact) mass is 577 g/mol. The van der Waals surface area contributed by atoms with E-state index in [1.807, 2.05) is 6.07 Å². The summed E-state index contributed by atoms with van der Waals surface area (Å²) >= 11 is 1.13. The topological polar surface area (TPSA) is 66.5 Å². The zero-order valence-corrected chi connectivity index (χ0v) is 20.3. The molecule has 1 N–H and O–H groups in total. The molecular weight excluding hydrogens is 549 g/mol. The van der Waals surface area contributed by atoms with Gasteiger partial charge in [0.05, 0.1) is 0 Å². The molecule has 1 saturated heterocycles. The number of fused-ring (bicyclic) bond motifs is 1. The first-order valence-corrected chi connectivity index (χ1v) is 13.0. The number of rotatable bonds is 4. The van der Waals surface area contributed by atoms with E-state index in [0.717, 1.165) is 39.9 Å². The van der Waals surface area contributed by atoms with Gasteiger partial charge in [0, 0.05) is 0 Å². The van der Waals surface area contributed by atoms with Crippen molar-refractivity contribution in [1.29, 1.82) is 0 Å². The molecule has 3 amide bonds. The molecule has 0 spiro atoms. The summed E-state index contributed by atoms with van der Waals surface area (Å²) in [5.74, 6) is -0.686. The minimum atomic E-state index is -0.543. The van der Waals surface area contributed by atoms with Crippen molar-refractivity contribution in [3.63, 3.8) is 0 Å². The molecule has 4 rings (SSSR count). The third-order valence-electron chi connectivity index (χ3n) is 6.81. The normalized spacial score (nSPS) is 25.4. The van der Waals surface area contributed by atoms with Gasteiger partial charge in [-0.2, -0.15) is 0 Å². The Labute approximate surface area is 181 Å². The van der Waals surface area contributed by atoms with E-state index >= 15 is 0 Å². The standard InChI is InChI=1S/C21H27N3O3.Pb/c1-24(2,15-6-4-3-5-7-15)16-8-9-17-14(12-16)13-23(21(17)27)18-10-11-19(25)22-20(18)26;/h8-9,12,15,18H,1,3-7,10-11,13H2,2H3,(H,22,25,26);/q+1;. The van der Waals surface area contributed by atoms with Crippen LogP contribution in [0.3, 0.4) is 0 Å². The number of amides is 3. The van der Waals surface area contributed by atoms with E-state index < -0.39 is 6.04 Å². The van der Waals surface area contributed by atoms with Crippen molar-refractivity contribution in [3.8, 4) is 0 Å². The van der Waals surface area contributed by atoms with Crippen LogP contribution in [0.4, 0.5) is 5.69 Å². The fraction of sp³-hybridized carbons (Fsp3) is 0.571. The third kappa shape index (κ3) is 3.42. The first-order valence-electron chi connectivity index (χ1n) is 10.2. The zero-order chi connectivity index (χ0) is 19.9. The Morgan fingerprint density at radius 1 is 1.14 bits per heavy atom. The molecule has 0 aromatic heterocycles. The van der Waals surface area contributed by atoms with Crippen molar-refractivity contribution in [2.24, 2.45) is 0 Å². The second kappa shape index (κ2) is 7.85. The number of hydrogen-bond acceptors (Lipinski definition) is 3. The molecule has 1 saturated carbocycles. The summed E-state index contributed by atoms with van der Waals surface area (Å²) in [4.78, 5) is 38.2. The minimum absolute atomic E-state index is 0.0891. The van der Waals surface area contributed by atoms with Crippen LogP contribution in [0, 0.1) is 0 Å². The van der Waals surface area contributed by atoms with E-state index in [0.29, 0.717) is 31.0 Å². The number of carbonyl (C=O) groups excluding carboxylic acids is 3. The molecular formula is C21H27N3O3Pb+. The van der Waals surface area contributed by atoms with Gasteiger partial charge in [0.2, 0.25) is 0 Å². The Bertz CT molecular complexity index is 821. The van der Waals surface area contributed by atoms with Crippen molar-refractivity contribution in [2.75, 3.05) is 11.2 Å². The Morgan fingerprint density at radius 3 is 2.57 bits per heavy atom. The summed E-state index contributed by atoms with van der Waals surface area (Å²) in [6, 6.07) is 6.39. The number of carbonyl (C=O) groups is 3. The molecule has 147 valence electrons. The van der Waals surface area contributed by atoms with E-state index in [1.54, 1.807) is 4.90 Å².